The SMILES string of the molecule is C/C(=N\NC(=O)COc1ccc(Cl)cc1)c1ccccc1O. The van der Waals surface area contributed by atoms with E-state index >= 15 is 0 Å². The first kappa shape index (κ1) is 15.9. The van der Waals surface area contributed by atoms with Crippen molar-refractivity contribution in [3.8, 4) is 11.5 Å². The van der Waals surface area contributed by atoms with Gasteiger partial charge in [-0.2, -0.15) is 5.10 Å². The quantitative estimate of drug-likeness (QED) is 0.657. The minimum Gasteiger partial charge on any atom is -0.507 e. The van der Waals surface area contributed by atoms with Gasteiger partial charge in [-0.3, -0.25) is 4.79 Å². The van der Waals surface area contributed by atoms with E-state index in [0.29, 0.717) is 22.0 Å². The molecule has 0 aliphatic rings. The van der Waals surface area contributed by atoms with E-state index in [-0.39, 0.29) is 12.4 Å². The number of carbonyl (C=O) groups excluding carboxylic acids is 1. The van der Waals surface area contributed by atoms with Crippen molar-refractivity contribution < 1.29 is 14.6 Å². The number of hydrogen-bond donors (Lipinski definition) is 2. The number of benzene rings is 2. The maximum absolute atomic E-state index is 11.7. The van der Waals surface area contributed by atoms with Gasteiger partial charge in [0.2, 0.25) is 0 Å². The summed E-state index contributed by atoms with van der Waals surface area (Å²) >= 11 is 5.76. The Bertz CT molecular complexity index is 684. The van der Waals surface area contributed by atoms with E-state index < -0.39 is 5.91 Å². The van der Waals surface area contributed by atoms with Gasteiger partial charge in [0.15, 0.2) is 6.61 Å². The summed E-state index contributed by atoms with van der Waals surface area (Å²) in [7, 11) is 0. The van der Waals surface area contributed by atoms with Gasteiger partial charge in [-0.25, -0.2) is 5.43 Å². The number of phenolic OH excluding ortho intramolecular Hbond substituents is 1. The van der Waals surface area contributed by atoms with E-state index in [4.69, 9.17) is 16.3 Å². The molecular weight excluding hydrogens is 304 g/mol. The number of hydrogen-bond acceptors (Lipinski definition) is 4. The number of amides is 1. The molecule has 0 radical (unpaired) electrons. The molecule has 0 unspecified atom stereocenters. The average Bonchev–Trinajstić information content (AvgIpc) is 2.52. The van der Waals surface area contributed by atoms with Crippen molar-refractivity contribution in [2.24, 2.45) is 5.10 Å². The van der Waals surface area contributed by atoms with Crippen LogP contribution in [0.25, 0.3) is 0 Å². The minimum absolute atomic E-state index is 0.107. The molecule has 0 aliphatic carbocycles. The number of carbonyl (C=O) groups is 1. The van der Waals surface area contributed by atoms with Crippen molar-refractivity contribution in [2.75, 3.05) is 6.61 Å². The molecule has 2 N–H and O–H groups in total. The molecular formula is C16H15ClN2O3. The molecule has 0 atom stereocenters. The van der Waals surface area contributed by atoms with Gasteiger partial charge in [0.25, 0.3) is 5.91 Å². The molecule has 0 bridgehead atoms. The number of nitrogens with zero attached hydrogens (tertiary/aromatic N) is 1. The molecule has 1 amide bonds. The number of halogens is 1. The Morgan fingerprint density at radius 1 is 1.23 bits per heavy atom. The number of ether oxygens (including phenoxy) is 1. The maximum Gasteiger partial charge on any atom is 0.277 e. The standard InChI is InChI=1S/C16H15ClN2O3/c1-11(14-4-2-3-5-15(14)20)18-19-16(21)10-22-13-8-6-12(17)7-9-13/h2-9,20H,10H2,1H3,(H,19,21)/b18-11+. The second kappa shape index (κ2) is 7.47. The molecule has 0 saturated carbocycles. The molecule has 2 aromatic carbocycles. The first-order valence-electron chi connectivity index (χ1n) is 6.56. The van der Waals surface area contributed by atoms with E-state index in [1.165, 1.54) is 0 Å². The van der Waals surface area contributed by atoms with Crippen molar-refractivity contribution in [3.05, 3.63) is 59.1 Å². The topological polar surface area (TPSA) is 70.9 Å². The molecule has 6 heteroatoms. The Morgan fingerprint density at radius 2 is 1.91 bits per heavy atom. The van der Waals surface area contributed by atoms with Crippen LogP contribution in [-0.4, -0.2) is 23.3 Å². The van der Waals surface area contributed by atoms with E-state index in [9.17, 15) is 9.90 Å². The van der Waals surface area contributed by atoms with Crippen LogP contribution in [-0.2, 0) is 4.79 Å². The zero-order chi connectivity index (χ0) is 15.9. The fourth-order valence-electron chi connectivity index (χ4n) is 1.70. The van der Waals surface area contributed by atoms with Gasteiger partial charge < -0.3 is 9.84 Å². The van der Waals surface area contributed by atoms with Gasteiger partial charge in [-0.1, -0.05) is 23.7 Å². The summed E-state index contributed by atoms with van der Waals surface area (Å²) in [6.07, 6.45) is 0. The average molecular weight is 319 g/mol. The lowest BCUT2D eigenvalue weighted by molar-refractivity contribution is -0.123. The number of aromatic hydroxyl groups is 1. The molecule has 0 saturated heterocycles. The Labute approximate surface area is 133 Å². The summed E-state index contributed by atoms with van der Waals surface area (Å²) in [6, 6.07) is 13.5. The predicted molar refractivity (Wildman–Crippen MR) is 85.4 cm³/mol. The van der Waals surface area contributed by atoms with Crippen molar-refractivity contribution in [3.63, 3.8) is 0 Å². The van der Waals surface area contributed by atoms with Crippen LogP contribution in [0.2, 0.25) is 5.02 Å². The molecule has 2 aromatic rings. The fourth-order valence-corrected chi connectivity index (χ4v) is 1.82. The monoisotopic (exact) mass is 318 g/mol. The highest BCUT2D eigenvalue weighted by Crippen LogP contribution is 2.16. The molecule has 22 heavy (non-hydrogen) atoms. The van der Waals surface area contributed by atoms with E-state index in [0.717, 1.165) is 0 Å². The van der Waals surface area contributed by atoms with Gasteiger partial charge in [0.05, 0.1) is 5.71 Å². The van der Waals surface area contributed by atoms with Crippen LogP contribution >= 0.6 is 11.6 Å². The summed E-state index contributed by atoms with van der Waals surface area (Å²) in [6.45, 7) is 1.52. The summed E-state index contributed by atoms with van der Waals surface area (Å²) in [5.41, 5.74) is 3.43. The van der Waals surface area contributed by atoms with Crippen LogP contribution in [0.3, 0.4) is 0 Å². The Hall–Kier alpha value is -2.53. The van der Waals surface area contributed by atoms with E-state index in [1.807, 2.05) is 0 Å². The number of rotatable bonds is 5. The predicted octanol–water partition coefficient (Wildman–Crippen LogP) is 2.96. The van der Waals surface area contributed by atoms with Crippen LogP contribution in [0, 0.1) is 0 Å². The number of phenols is 1. The second-order valence-electron chi connectivity index (χ2n) is 4.49. The van der Waals surface area contributed by atoms with E-state index in [2.05, 4.69) is 10.5 Å². The molecule has 2 rings (SSSR count). The lowest BCUT2D eigenvalue weighted by atomic mass is 10.1. The third-order valence-electron chi connectivity index (χ3n) is 2.83. The van der Waals surface area contributed by atoms with Gasteiger partial charge in [-0.05, 0) is 43.3 Å². The molecule has 0 spiro atoms. The van der Waals surface area contributed by atoms with Gasteiger partial charge in [0.1, 0.15) is 11.5 Å². The second-order valence-corrected chi connectivity index (χ2v) is 4.93. The van der Waals surface area contributed by atoms with Crippen LogP contribution in [0.1, 0.15) is 12.5 Å². The Balaban J connectivity index is 1.88. The normalized spacial score (nSPS) is 11.1. The fraction of sp³-hybridized carbons (Fsp3) is 0.125. The lowest BCUT2D eigenvalue weighted by Gasteiger charge is -2.06. The van der Waals surface area contributed by atoms with Crippen LogP contribution in [0.5, 0.6) is 11.5 Å². The first-order chi connectivity index (χ1) is 10.6. The number of hydrazone groups is 1. The smallest absolute Gasteiger partial charge is 0.277 e. The van der Waals surface area contributed by atoms with Gasteiger partial charge >= 0.3 is 0 Å². The zero-order valence-electron chi connectivity index (χ0n) is 11.9. The molecule has 114 valence electrons. The largest absolute Gasteiger partial charge is 0.507 e. The van der Waals surface area contributed by atoms with Crippen molar-refractivity contribution >= 4 is 23.2 Å². The van der Waals surface area contributed by atoms with Crippen molar-refractivity contribution in [1.29, 1.82) is 0 Å². The molecule has 0 aliphatic heterocycles. The highest BCUT2D eigenvalue weighted by molar-refractivity contribution is 6.30. The van der Waals surface area contributed by atoms with Crippen LogP contribution in [0.15, 0.2) is 53.6 Å². The third-order valence-corrected chi connectivity index (χ3v) is 3.08. The van der Waals surface area contributed by atoms with Crippen molar-refractivity contribution in [2.45, 2.75) is 6.92 Å². The van der Waals surface area contributed by atoms with Crippen LogP contribution in [0.4, 0.5) is 0 Å². The van der Waals surface area contributed by atoms with Crippen LogP contribution < -0.4 is 10.2 Å². The lowest BCUT2D eigenvalue weighted by Crippen LogP contribution is -2.25. The summed E-state index contributed by atoms with van der Waals surface area (Å²) in [4.78, 5) is 11.7. The summed E-state index contributed by atoms with van der Waals surface area (Å²) < 4.78 is 5.30. The number of para-hydroxylation sites is 1. The molecule has 0 aromatic heterocycles. The van der Waals surface area contributed by atoms with E-state index in [1.54, 1.807) is 55.5 Å². The minimum atomic E-state index is -0.398. The molecule has 0 fully saturated rings. The highest BCUT2D eigenvalue weighted by atomic mass is 35.5. The Morgan fingerprint density at radius 3 is 2.59 bits per heavy atom. The summed E-state index contributed by atoms with van der Waals surface area (Å²) in [5.74, 6) is 0.251. The van der Waals surface area contributed by atoms with Gasteiger partial charge in [-0.15, -0.1) is 0 Å². The van der Waals surface area contributed by atoms with Gasteiger partial charge in [0, 0.05) is 10.6 Å². The Kier molecular flexibility index (Phi) is 5.38. The molecule has 0 heterocycles. The highest BCUT2D eigenvalue weighted by Gasteiger charge is 2.05. The first-order valence-corrected chi connectivity index (χ1v) is 6.94. The maximum atomic E-state index is 11.7. The summed E-state index contributed by atoms with van der Waals surface area (Å²) in [5, 5.41) is 14.2. The molecule has 5 nitrogen and oxygen atoms in total. The zero-order valence-corrected chi connectivity index (χ0v) is 12.7. The third kappa shape index (κ3) is 4.49. The van der Waals surface area contributed by atoms with Crippen molar-refractivity contribution in [1.82, 2.24) is 5.43 Å². The number of nitrogens with one attached hydrogen (secondary N) is 1.